The number of benzene rings is 2. The lowest BCUT2D eigenvalue weighted by Gasteiger charge is -2.11. The van der Waals surface area contributed by atoms with E-state index in [-0.39, 0.29) is 11.5 Å². The number of para-hydroxylation sites is 1. The number of carbonyl (C=O) groups is 1. The van der Waals surface area contributed by atoms with Gasteiger partial charge in [0.15, 0.2) is 0 Å². The van der Waals surface area contributed by atoms with Gasteiger partial charge in [-0.05, 0) is 48.5 Å². The Bertz CT molecular complexity index is 1180. The highest BCUT2D eigenvalue weighted by molar-refractivity contribution is 6.06. The van der Waals surface area contributed by atoms with Gasteiger partial charge >= 0.3 is 0 Å². The number of anilines is 1. The summed E-state index contributed by atoms with van der Waals surface area (Å²) < 4.78 is 3.25. The number of rotatable bonds is 4. The molecule has 6 heteroatoms. The molecule has 138 valence electrons. The van der Waals surface area contributed by atoms with Crippen molar-refractivity contribution in [3.05, 3.63) is 101 Å². The number of hydrogen-bond acceptors (Lipinski definition) is 3. The van der Waals surface area contributed by atoms with Crippen molar-refractivity contribution in [1.82, 2.24) is 14.3 Å². The van der Waals surface area contributed by atoms with E-state index in [2.05, 4.69) is 10.4 Å². The molecule has 0 spiro atoms. The molecular weight excluding hydrogens is 352 g/mol. The maximum Gasteiger partial charge on any atom is 0.266 e. The van der Waals surface area contributed by atoms with E-state index in [9.17, 15) is 9.59 Å². The van der Waals surface area contributed by atoms with Crippen molar-refractivity contribution in [2.75, 3.05) is 5.32 Å². The summed E-state index contributed by atoms with van der Waals surface area (Å²) in [7, 11) is 1.60. The monoisotopic (exact) mass is 370 g/mol. The summed E-state index contributed by atoms with van der Waals surface area (Å²) in [5.74, 6) is -0.212. The Morgan fingerprint density at radius 1 is 0.893 bits per heavy atom. The van der Waals surface area contributed by atoms with Crippen LogP contribution in [0, 0.1) is 0 Å². The Morgan fingerprint density at radius 2 is 1.61 bits per heavy atom. The van der Waals surface area contributed by atoms with Crippen molar-refractivity contribution in [3.63, 3.8) is 0 Å². The second-order valence-corrected chi connectivity index (χ2v) is 6.32. The van der Waals surface area contributed by atoms with Gasteiger partial charge < -0.3 is 9.88 Å². The van der Waals surface area contributed by atoms with Gasteiger partial charge in [0.1, 0.15) is 0 Å². The summed E-state index contributed by atoms with van der Waals surface area (Å²) in [5, 5.41) is 7.21. The zero-order chi connectivity index (χ0) is 19.5. The standard InChI is InChI=1S/C22H18N4O2/c1-25-21(27)13-12-20(24-25)18-6-2-3-7-19(18)23-22(28)16-8-10-17(11-9-16)26-14-4-5-15-26/h2-15H,1H3,(H,23,28). The molecule has 2 heterocycles. The van der Waals surface area contributed by atoms with Crippen LogP contribution in [0.1, 0.15) is 10.4 Å². The van der Waals surface area contributed by atoms with E-state index in [4.69, 9.17) is 0 Å². The molecule has 1 N–H and O–H groups in total. The molecule has 0 bridgehead atoms. The quantitative estimate of drug-likeness (QED) is 0.598. The van der Waals surface area contributed by atoms with E-state index in [1.807, 2.05) is 65.5 Å². The van der Waals surface area contributed by atoms with Gasteiger partial charge in [0.25, 0.3) is 11.5 Å². The van der Waals surface area contributed by atoms with E-state index in [1.54, 1.807) is 25.2 Å². The molecule has 2 aromatic carbocycles. The van der Waals surface area contributed by atoms with Crippen LogP contribution in [0.4, 0.5) is 5.69 Å². The summed E-state index contributed by atoms with van der Waals surface area (Å²) in [4.78, 5) is 24.3. The number of aromatic nitrogens is 3. The van der Waals surface area contributed by atoms with Crippen LogP contribution in [0.25, 0.3) is 16.9 Å². The average molecular weight is 370 g/mol. The predicted molar refractivity (Wildman–Crippen MR) is 109 cm³/mol. The molecule has 0 saturated heterocycles. The van der Waals surface area contributed by atoms with Crippen LogP contribution < -0.4 is 10.9 Å². The van der Waals surface area contributed by atoms with E-state index in [0.29, 0.717) is 16.9 Å². The van der Waals surface area contributed by atoms with Gasteiger partial charge in [-0.3, -0.25) is 9.59 Å². The lowest BCUT2D eigenvalue weighted by atomic mass is 10.1. The normalized spacial score (nSPS) is 10.6. The molecule has 0 unspecified atom stereocenters. The second kappa shape index (κ2) is 7.36. The molecule has 4 aromatic rings. The first kappa shape index (κ1) is 17.5. The molecule has 1 amide bonds. The van der Waals surface area contributed by atoms with Gasteiger partial charge in [-0.1, -0.05) is 18.2 Å². The summed E-state index contributed by atoms with van der Waals surface area (Å²) in [5.41, 5.74) is 3.34. The Balaban J connectivity index is 1.60. The number of aryl methyl sites for hydroxylation is 1. The number of nitrogens with zero attached hydrogens (tertiary/aromatic N) is 3. The van der Waals surface area contributed by atoms with Crippen molar-refractivity contribution in [2.24, 2.45) is 7.05 Å². The first-order valence-electron chi connectivity index (χ1n) is 8.80. The third kappa shape index (κ3) is 3.48. The van der Waals surface area contributed by atoms with Crippen LogP contribution in [0.3, 0.4) is 0 Å². The maximum absolute atomic E-state index is 12.7. The SMILES string of the molecule is Cn1nc(-c2ccccc2NC(=O)c2ccc(-n3cccc3)cc2)ccc1=O. The second-order valence-electron chi connectivity index (χ2n) is 6.32. The van der Waals surface area contributed by atoms with Crippen LogP contribution in [-0.4, -0.2) is 20.3 Å². The van der Waals surface area contributed by atoms with E-state index in [1.165, 1.54) is 10.7 Å². The molecular formula is C22H18N4O2. The minimum absolute atomic E-state index is 0.187. The highest BCUT2D eigenvalue weighted by Crippen LogP contribution is 2.26. The minimum atomic E-state index is -0.212. The summed E-state index contributed by atoms with van der Waals surface area (Å²) in [6.45, 7) is 0. The highest BCUT2D eigenvalue weighted by Gasteiger charge is 2.12. The number of hydrogen-bond donors (Lipinski definition) is 1. The molecule has 0 aliphatic rings. The lowest BCUT2D eigenvalue weighted by molar-refractivity contribution is 0.102. The smallest absolute Gasteiger partial charge is 0.266 e. The average Bonchev–Trinajstić information content (AvgIpc) is 3.25. The Kier molecular flexibility index (Phi) is 4.60. The molecule has 0 fully saturated rings. The van der Waals surface area contributed by atoms with E-state index < -0.39 is 0 Å². The minimum Gasteiger partial charge on any atom is -0.324 e. The van der Waals surface area contributed by atoms with E-state index >= 15 is 0 Å². The van der Waals surface area contributed by atoms with Crippen molar-refractivity contribution in [1.29, 1.82) is 0 Å². The Labute approximate surface area is 161 Å². The van der Waals surface area contributed by atoms with Crippen molar-refractivity contribution in [3.8, 4) is 16.9 Å². The molecule has 0 saturated carbocycles. The lowest BCUT2D eigenvalue weighted by Crippen LogP contribution is -2.18. The third-order valence-corrected chi connectivity index (χ3v) is 4.44. The molecule has 28 heavy (non-hydrogen) atoms. The van der Waals surface area contributed by atoms with Crippen LogP contribution in [0.15, 0.2) is 90.0 Å². The zero-order valence-electron chi connectivity index (χ0n) is 15.2. The molecule has 6 nitrogen and oxygen atoms in total. The van der Waals surface area contributed by atoms with Crippen LogP contribution in [0.2, 0.25) is 0 Å². The van der Waals surface area contributed by atoms with Gasteiger partial charge in [-0.2, -0.15) is 5.10 Å². The van der Waals surface area contributed by atoms with Crippen LogP contribution >= 0.6 is 0 Å². The zero-order valence-corrected chi connectivity index (χ0v) is 15.2. The number of amides is 1. The topological polar surface area (TPSA) is 68.9 Å². The first-order valence-corrected chi connectivity index (χ1v) is 8.80. The summed E-state index contributed by atoms with van der Waals surface area (Å²) >= 11 is 0. The number of nitrogens with one attached hydrogen (secondary N) is 1. The molecule has 0 aliphatic carbocycles. The Morgan fingerprint density at radius 3 is 2.32 bits per heavy atom. The fourth-order valence-corrected chi connectivity index (χ4v) is 2.95. The van der Waals surface area contributed by atoms with Crippen molar-refractivity contribution >= 4 is 11.6 Å². The third-order valence-electron chi connectivity index (χ3n) is 4.44. The fourth-order valence-electron chi connectivity index (χ4n) is 2.95. The molecule has 2 aromatic heterocycles. The van der Waals surface area contributed by atoms with Crippen LogP contribution in [-0.2, 0) is 7.05 Å². The summed E-state index contributed by atoms with van der Waals surface area (Å²) in [6, 6.07) is 21.8. The van der Waals surface area contributed by atoms with Crippen molar-refractivity contribution in [2.45, 2.75) is 0 Å². The molecule has 4 rings (SSSR count). The van der Waals surface area contributed by atoms with E-state index in [0.717, 1.165) is 11.3 Å². The van der Waals surface area contributed by atoms with Gasteiger partial charge in [-0.15, -0.1) is 0 Å². The van der Waals surface area contributed by atoms with Crippen molar-refractivity contribution < 1.29 is 4.79 Å². The fraction of sp³-hybridized carbons (Fsp3) is 0.0455. The molecule has 0 aliphatic heterocycles. The van der Waals surface area contributed by atoms with Gasteiger partial charge in [0.05, 0.1) is 11.4 Å². The molecule has 0 atom stereocenters. The predicted octanol–water partition coefficient (Wildman–Crippen LogP) is 3.49. The maximum atomic E-state index is 12.7. The summed E-state index contributed by atoms with van der Waals surface area (Å²) in [6.07, 6.45) is 3.90. The molecule has 0 radical (unpaired) electrons. The first-order chi connectivity index (χ1) is 13.6. The Hall–Kier alpha value is -3.93. The van der Waals surface area contributed by atoms with Gasteiger partial charge in [-0.25, -0.2) is 4.68 Å². The largest absolute Gasteiger partial charge is 0.324 e. The number of carbonyl (C=O) groups excluding carboxylic acids is 1. The highest BCUT2D eigenvalue weighted by atomic mass is 16.1. The van der Waals surface area contributed by atoms with Gasteiger partial charge in [0, 0.05) is 42.3 Å². The van der Waals surface area contributed by atoms with Gasteiger partial charge in [0.2, 0.25) is 0 Å². The van der Waals surface area contributed by atoms with Crippen LogP contribution in [0.5, 0.6) is 0 Å².